The van der Waals surface area contributed by atoms with Gasteiger partial charge in [-0.2, -0.15) is 34.8 Å². The van der Waals surface area contributed by atoms with E-state index in [1.165, 1.54) is 4.90 Å². The molecule has 1 heterocycles. The summed E-state index contributed by atoms with van der Waals surface area (Å²) in [7, 11) is -5.96. The molecule has 1 amide bonds. The standard InChI is InChI=1S/C20H23F6NO8S/c1-7(2)27-13-9-5-10(14(13)34-16(29)8-3-4-8)12(11(9)15(27)28)17(30)35-18(19(21,22)23,20(24,25)26)6-36(31,32)33/h7-14H,3-6H2,1-2H3,(H,31,32,33). The predicted molar refractivity (Wildman–Crippen MR) is 104 cm³/mol. The lowest BCUT2D eigenvalue weighted by Gasteiger charge is -2.38. The molecule has 4 aliphatic rings. The monoisotopic (exact) mass is 551 g/mol. The number of halogens is 6. The highest BCUT2D eigenvalue weighted by Crippen LogP contribution is 2.61. The van der Waals surface area contributed by atoms with Crippen molar-refractivity contribution in [3.05, 3.63) is 0 Å². The van der Waals surface area contributed by atoms with Gasteiger partial charge in [0.1, 0.15) is 11.9 Å². The Balaban J connectivity index is 1.72. The maximum atomic E-state index is 13.7. The van der Waals surface area contributed by atoms with Crippen molar-refractivity contribution in [3.63, 3.8) is 0 Å². The van der Waals surface area contributed by atoms with E-state index in [4.69, 9.17) is 9.29 Å². The second-order valence-corrected chi connectivity index (χ2v) is 11.5. The fourth-order valence-electron chi connectivity index (χ4n) is 5.94. The molecule has 6 atom stereocenters. The third-order valence-corrected chi connectivity index (χ3v) is 8.25. The number of carbonyl (C=O) groups is 3. The molecule has 9 nitrogen and oxygen atoms in total. The fourth-order valence-corrected chi connectivity index (χ4v) is 6.84. The molecule has 0 aromatic heterocycles. The number of esters is 2. The van der Waals surface area contributed by atoms with E-state index in [0.717, 1.165) is 0 Å². The van der Waals surface area contributed by atoms with Crippen LogP contribution in [0.2, 0.25) is 0 Å². The molecule has 204 valence electrons. The quantitative estimate of drug-likeness (QED) is 0.290. The first-order chi connectivity index (χ1) is 16.3. The van der Waals surface area contributed by atoms with Crippen LogP contribution in [0.15, 0.2) is 0 Å². The lowest BCUT2D eigenvalue weighted by atomic mass is 9.78. The van der Waals surface area contributed by atoms with Gasteiger partial charge in [0.15, 0.2) is 0 Å². The van der Waals surface area contributed by atoms with E-state index in [9.17, 15) is 49.1 Å². The molecule has 1 aliphatic heterocycles. The minimum absolute atomic E-state index is 0.00993. The molecule has 3 aliphatic carbocycles. The molecule has 3 saturated carbocycles. The van der Waals surface area contributed by atoms with Gasteiger partial charge in [0.25, 0.3) is 10.1 Å². The number of amides is 1. The molecular weight excluding hydrogens is 528 g/mol. The molecule has 0 spiro atoms. The average Bonchev–Trinajstić information content (AvgIpc) is 3.33. The summed E-state index contributed by atoms with van der Waals surface area (Å²) >= 11 is 0. The summed E-state index contributed by atoms with van der Waals surface area (Å²) in [5.41, 5.74) is -5.58. The summed E-state index contributed by atoms with van der Waals surface area (Å²) in [4.78, 5) is 39.8. The topological polar surface area (TPSA) is 127 Å². The third kappa shape index (κ3) is 4.13. The second kappa shape index (κ2) is 8.20. The van der Waals surface area contributed by atoms with Crippen molar-refractivity contribution in [2.24, 2.45) is 29.6 Å². The predicted octanol–water partition coefficient (Wildman–Crippen LogP) is 2.10. The number of rotatable bonds is 7. The van der Waals surface area contributed by atoms with Crippen molar-refractivity contribution in [2.45, 2.75) is 69.3 Å². The first-order valence-corrected chi connectivity index (χ1v) is 12.8. The Bertz CT molecular complexity index is 1060. The molecule has 16 heteroatoms. The lowest BCUT2D eigenvalue weighted by molar-refractivity contribution is -0.362. The number of hydrogen-bond acceptors (Lipinski definition) is 7. The van der Waals surface area contributed by atoms with E-state index in [2.05, 4.69) is 4.74 Å². The maximum Gasteiger partial charge on any atom is 0.438 e. The van der Waals surface area contributed by atoms with Crippen molar-refractivity contribution in [3.8, 4) is 0 Å². The molecule has 0 aromatic carbocycles. The highest BCUT2D eigenvalue weighted by Gasteiger charge is 2.78. The lowest BCUT2D eigenvalue weighted by Crippen LogP contribution is -2.64. The Morgan fingerprint density at radius 2 is 1.61 bits per heavy atom. The first kappa shape index (κ1) is 26.9. The first-order valence-electron chi connectivity index (χ1n) is 11.1. The summed E-state index contributed by atoms with van der Waals surface area (Å²) in [6.45, 7) is 3.24. The van der Waals surface area contributed by atoms with Gasteiger partial charge in [-0.3, -0.25) is 18.9 Å². The number of nitrogens with zero attached hydrogens (tertiary/aromatic N) is 1. The van der Waals surface area contributed by atoms with Gasteiger partial charge in [0, 0.05) is 12.0 Å². The van der Waals surface area contributed by atoms with Gasteiger partial charge in [-0.1, -0.05) is 0 Å². The zero-order valence-electron chi connectivity index (χ0n) is 18.9. The van der Waals surface area contributed by atoms with Crippen molar-refractivity contribution in [2.75, 3.05) is 5.75 Å². The minimum Gasteiger partial charge on any atom is -0.460 e. The molecule has 0 aromatic rings. The Kier molecular flexibility index (Phi) is 6.14. The van der Waals surface area contributed by atoms with Crippen LogP contribution in [0.25, 0.3) is 0 Å². The van der Waals surface area contributed by atoms with Crippen LogP contribution in [0.4, 0.5) is 26.3 Å². The largest absolute Gasteiger partial charge is 0.460 e. The van der Waals surface area contributed by atoms with Crippen molar-refractivity contribution in [1.29, 1.82) is 0 Å². The summed E-state index contributed by atoms with van der Waals surface area (Å²) < 4.78 is 123. The van der Waals surface area contributed by atoms with Crippen LogP contribution >= 0.6 is 0 Å². The van der Waals surface area contributed by atoms with Crippen LogP contribution in [0.3, 0.4) is 0 Å². The Morgan fingerprint density at radius 3 is 2.06 bits per heavy atom. The number of carbonyl (C=O) groups excluding carboxylic acids is 3. The Labute approximate surface area is 201 Å². The van der Waals surface area contributed by atoms with E-state index in [1.54, 1.807) is 13.8 Å². The third-order valence-electron chi connectivity index (χ3n) is 7.48. The minimum atomic E-state index is -6.49. The zero-order valence-corrected chi connectivity index (χ0v) is 19.7. The Morgan fingerprint density at radius 1 is 1.06 bits per heavy atom. The van der Waals surface area contributed by atoms with Gasteiger partial charge < -0.3 is 14.4 Å². The molecule has 6 unspecified atom stereocenters. The van der Waals surface area contributed by atoms with Gasteiger partial charge in [-0.05, 0) is 39.0 Å². The van der Waals surface area contributed by atoms with Crippen molar-refractivity contribution in [1.82, 2.24) is 4.90 Å². The van der Waals surface area contributed by atoms with Gasteiger partial charge in [-0.15, -0.1) is 0 Å². The molecule has 1 N–H and O–H groups in total. The van der Waals surface area contributed by atoms with Crippen LogP contribution in [-0.2, 0) is 34.0 Å². The Hall–Kier alpha value is -2.10. The summed E-state index contributed by atoms with van der Waals surface area (Å²) in [5, 5.41) is 0. The second-order valence-electron chi connectivity index (χ2n) is 10.1. The molecule has 36 heavy (non-hydrogen) atoms. The average molecular weight is 551 g/mol. The summed E-state index contributed by atoms with van der Waals surface area (Å²) in [6.07, 6.45) is -13.0. The molecule has 2 bridgehead atoms. The number of alkyl halides is 6. The number of hydrogen-bond donors (Lipinski definition) is 1. The van der Waals surface area contributed by atoms with Gasteiger partial charge in [0.05, 0.1) is 23.8 Å². The molecule has 1 saturated heterocycles. The van der Waals surface area contributed by atoms with E-state index in [1.807, 2.05) is 0 Å². The van der Waals surface area contributed by atoms with Gasteiger partial charge in [0.2, 0.25) is 5.91 Å². The summed E-state index contributed by atoms with van der Waals surface area (Å²) in [6, 6.07) is -1.18. The molecule has 4 fully saturated rings. The van der Waals surface area contributed by atoms with Crippen LogP contribution in [0.5, 0.6) is 0 Å². The van der Waals surface area contributed by atoms with Crippen molar-refractivity contribution < 1.29 is 63.2 Å². The maximum absolute atomic E-state index is 13.7. The van der Waals surface area contributed by atoms with Gasteiger partial charge in [-0.25, -0.2) is 0 Å². The fraction of sp³-hybridized carbons (Fsp3) is 0.850. The molecule has 0 radical (unpaired) electrons. The van der Waals surface area contributed by atoms with E-state index >= 15 is 0 Å². The number of ether oxygens (including phenoxy) is 2. The van der Waals surface area contributed by atoms with Gasteiger partial charge >= 0.3 is 29.9 Å². The number of likely N-dealkylation sites (tertiary alicyclic amines) is 1. The number of fused-ring (bicyclic) bond motifs is 1. The summed E-state index contributed by atoms with van der Waals surface area (Å²) in [5.74, 6) is -11.8. The highest BCUT2D eigenvalue weighted by atomic mass is 32.2. The zero-order chi connectivity index (χ0) is 27.2. The van der Waals surface area contributed by atoms with Crippen LogP contribution in [0.1, 0.15) is 33.1 Å². The highest BCUT2D eigenvalue weighted by molar-refractivity contribution is 7.85. The van der Waals surface area contributed by atoms with E-state index in [-0.39, 0.29) is 6.42 Å². The van der Waals surface area contributed by atoms with E-state index in [0.29, 0.717) is 12.8 Å². The smallest absolute Gasteiger partial charge is 0.438 e. The van der Waals surface area contributed by atoms with Crippen LogP contribution in [0, 0.1) is 29.6 Å². The van der Waals surface area contributed by atoms with Crippen LogP contribution in [-0.4, -0.2) is 77.6 Å². The van der Waals surface area contributed by atoms with Crippen LogP contribution < -0.4 is 0 Å². The molecule has 4 rings (SSSR count). The van der Waals surface area contributed by atoms with E-state index < -0.39 is 99.4 Å². The SMILES string of the molecule is CC(C)N1C(=O)C2C3CC(C(OC(=O)C4CC4)C31)C2C(=O)OC(CS(=O)(=O)O)(C(F)(F)F)C(F)(F)F. The van der Waals surface area contributed by atoms with Crippen molar-refractivity contribution >= 4 is 28.0 Å². The normalized spacial score (nSPS) is 32.4. The molecular formula is C20H23F6NO8S.